The van der Waals surface area contributed by atoms with Gasteiger partial charge in [-0.1, -0.05) is 53.4 Å². The smallest absolute Gasteiger partial charge is 0.230 e. The summed E-state index contributed by atoms with van der Waals surface area (Å²) < 4.78 is 20.1. The minimum absolute atomic E-state index is 0.349. The molecule has 1 aliphatic rings. The number of nitrogens with two attached hydrogens (primary N) is 1. The average Bonchev–Trinajstić information content (AvgIpc) is 3.37. The van der Waals surface area contributed by atoms with Crippen molar-refractivity contribution in [1.29, 1.82) is 0 Å². The van der Waals surface area contributed by atoms with Gasteiger partial charge in [0.15, 0.2) is 0 Å². The average molecular weight is 444 g/mol. The predicted octanol–water partition coefficient (Wildman–Crippen LogP) is 4.50. The molecule has 156 valence electrons. The van der Waals surface area contributed by atoms with Gasteiger partial charge in [0.2, 0.25) is 5.13 Å². The first-order chi connectivity index (χ1) is 14.6. The van der Waals surface area contributed by atoms with Crippen LogP contribution in [-0.4, -0.2) is 28.9 Å². The Morgan fingerprint density at radius 3 is 2.63 bits per heavy atom. The maximum Gasteiger partial charge on any atom is 0.230 e. The summed E-state index contributed by atoms with van der Waals surface area (Å²) in [7, 11) is 1.56. The molecule has 2 aromatic carbocycles. The maximum absolute atomic E-state index is 14.8. The molecule has 0 spiro atoms. The third-order valence-corrected chi connectivity index (χ3v) is 7.10. The van der Waals surface area contributed by atoms with Crippen molar-refractivity contribution in [3.05, 3.63) is 70.5 Å². The topological polar surface area (TPSA) is 76.6 Å². The van der Waals surface area contributed by atoms with Crippen molar-refractivity contribution < 1.29 is 9.13 Å². The van der Waals surface area contributed by atoms with Crippen molar-refractivity contribution in [3.63, 3.8) is 0 Å². The molecule has 0 saturated heterocycles. The van der Waals surface area contributed by atoms with Crippen molar-refractivity contribution in [3.8, 4) is 5.75 Å². The van der Waals surface area contributed by atoms with Gasteiger partial charge in [-0.3, -0.25) is 0 Å². The van der Waals surface area contributed by atoms with Crippen LogP contribution in [0.4, 0.5) is 9.52 Å². The zero-order chi connectivity index (χ0) is 21.1. The number of methoxy groups -OCH3 is 1. The molecule has 1 aromatic heterocycles. The molecule has 1 aliphatic heterocycles. The van der Waals surface area contributed by atoms with Gasteiger partial charge in [-0.2, -0.15) is 5.10 Å². The van der Waals surface area contributed by atoms with Gasteiger partial charge in [-0.15, -0.1) is 10.2 Å². The van der Waals surface area contributed by atoms with E-state index in [0.29, 0.717) is 28.0 Å². The fraction of sp³-hybridized carbons (Fsp3) is 0.286. The molecule has 0 radical (unpaired) electrons. The number of hydrogen-bond donors (Lipinski definition) is 1. The molecule has 0 saturated carbocycles. The van der Waals surface area contributed by atoms with Crippen LogP contribution in [0.2, 0.25) is 0 Å². The molecule has 0 fully saturated rings. The summed E-state index contributed by atoms with van der Waals surface area (Å²) in [6.45, 7) is 2.45. The Labute approximate surface area is 183 Å². The normalized spacial score (nSPS) is 18.5. The van der Waals surface area contributed by atoms with Gasteiger partial charge in [-0.25, -0.2) is 9.40 Å². The van der Waals surface area contributed by atoms with Gasteiger partial charge in [0.25, 0.3) is 0 Å². The summed E-state index contributed by atoms with van der Waals surface area (Å²) in [5.74, 6) is 0.227. The van der Waals surface area contributed by atoms with Gasteiger partial charge < -0.3 is 10.5 Å². The van der Waals surface area contributed by atoms with E-state index in [1.54, 1.807) is 19.2 Å². The number of halogens is 1. The molecule has 2 heterocycles. The molecule has 3 aromatic rings. The Bertz CT molecular complexity index is 1060. The van der Waals surface area contributed by atoms with Crippen LogP contribution >= 0.6 is 23.1 Å². The monoisotopic (exact) mass is 443 g/mol. The molecule has 0 aliphatic carbocycles. The predicted molar refractivity (Wildman–Crippen MR) is 121 cm³/mol. The second-order valence-electron chi connectivity index (χ2n) is 6.81. The van der Waals surface area contributed by atoms with E-state index in [1.165, 1.54) is 29.2 Å². The van der Waals surface area contributed by atoms with E-state index in [1.807, 2.05) is 30.1 Å². The first-order valence-electron chi connectivity index (χ1n) is 9.55. The van der Waals surface area contributed by atoms with Crippen LogP contribution in [0.3, 0.4) is 0 Å². The molecule has 9 heteroatoms. The summed E-state index contributed by atoms with van der Waals surface area (Å²) >= 11 is 2.97. The minimum Gasteiger partial charge on any atom is -0.497 e. The zero-order valence-electron chi connectivity index (χ0n) is 16.7. The van der Waals surface area contributed by atoms with Crippen molar-refractivity contribution in [2.75, 3.05) is 18.7 Å². The third kappa shape index (κ3) is 3.80. The molecular formula is C21H22FN5OS2. The van der Waals surface area contributed by atoms with E-state index in [2.05, 4.69) is 22.3 Å². The van der Waals surface area contributed by atoms with Crippen LogP contribution in [0.15, 0.2) is 53.6 Å². The second kappa shape index (κ2) is 8.71. The van der Waals surface area contributed by atoms with E-state index >= 15 is 0 Å². The highest BCUT2D eigenvalue weighted by molar-refractivity contribution is 8.15. The van der Waals surface area contributed by atoms with Crippen LogP contribution in [-0.2, 0) is 4.87 Å². The molecule has 2 N–H and O–H groups in total. The highest BCUT2D eigenvalue weighted by Gasteiger charge is 2.47. The van der Waals surface area contributed by atoms with Crippen LogP contribution in [0, 0.1) is 12.7 Å². The highest BCUT2D eigenvalue weighted by atomic mass is 32.2. The second-order valence-corrected chi connectivity index (χ2v) is 9.24. The number of anilines is 1. The summed E-state index contributed by atoms with van der Waals surface area (Å²) in [5.41, 5.74) is 7.33. The first-order valence-corrected chi connectivity index (χ1v) is 11.2. The Kier molecular flexibility index (Phi) is 6.03. The minimum atomic E-state index is -0.600. The maximum atomic E-state index is 14.8. The van der Waals surface area contributed by atoms with E-state index < -0.39 is 4.87 Å². The van der Waals surface area contributed by atoms with E-state index in [0.717, 1.165) is 23.4 Å². The van der Waals surface area contributed by atoms with Crippen molar-refractivity contribution in [2.24, 2.45) is 10.8 Å². The lowest BCUT2D eigenvalue weighted by Gasteiger charge is -2.35. The summed E-state index contributed by atoms with van der Waals surface area (Å²) in [6.07, 6.45) is 1.50. The van der Waals surface area contributed by atoms with E-state index in [4.69, 9.17) is 15.6 Å². The number of rotatable bonds is 7. The van der Waals surface area contributed by atoms with Gasteiger partial charge in [0.05, 0.1) is 7.11 Å². The zero-order valence-corrected chi connectivity index (χ0v) is 18.3. The number of ether oxygens (including phenoxy) is 1. The summed E-state index contributed by atoms with van der Waals surface area (Å²) in [4.78, 5) is -0.600. The lowest BCUT2D eigenvalue weighted by atomic mass is 10.0. The SMILES string of the molecule is COc1ccc(F)c(C2=NN(c3nnc(C)s3)C(CCCN)(c3ccccc3)S2)c1. The molecule has 0 amide bonds. The fourth-order valence-electron chi connectivity index (χ4n) is 3.39. The summed E-state index contributed by atoms with van der Waals surface area (Å²) in [5, 5.41) is 17.3. The number of hydrazone groups is 1. The lowest BCUT2D eigenvalue weighted by molar-refractivity contribution is 0.413. The number of aryl methyl sites for hydroxylation is 1. The quantitative estimate of drug-likeness (QED) is 0.579. The molecular weight excluding hydrogens is 421 g/mol. The Balaban J connectivity index is 1.87. The van der Waals surface area contributed by atoms with Gasteiger partial charge in [0.1, 0.15) is 26.5 Å². The molecule has 30 heavy (non-hydrogen) atoms. The van der Waals surface area contributed by atoms with Crippen LogP contribution in [0.1, 0.15) is 29.0 Å². The van der Waals surface area contributed by atoms with Crippen LogP contribution < -0.4 is 15.5 Å². The van der Waals surface area contributed by atoms with E-state index in [-0.39, 0.29) is 5.82 Å². The van der Waals surface area contributed by atoms with Crippen molar-refractivity contribution in [1.82, 2.24) is 10.2 Å². The molecule has 1 atom stereocenters. The van der Waals surface area contributed by atoms with Gasteiger partial charge in [-0.05, 0) is 50.1 Å². The molecule has 4 rings (SSSR count). The number of thioether (sulfide) groups is 1. The van der Waals surface area contributed by atoms with Gasteiger partial charge in [0, 0.05) is 5.56 Å². The lowest BCUT2D eigenvalue weighted by Crippen LogP contribution is -2.38. The highest BCUT2D eigenvalue weighted by Crippen LogP contribution is 2.52. The molecule has 0 bridgehead atoms. The van der Waals surface area contributed by atoms with Crippen molar-refractivity contribution >= 4 is 33.3 Å². The number of aromatic nitrogens is 2. The van der Waals surface area contributed by atoms with Crippen LogP contribution in [0.5, 0.6) is 5.75 Å². The first kappa shape index (κ1) is 20.8. The molecule has 6 nitrogen and oxygen atoms in total. The Hall–Kier alpha value is -2.49. The van der Waals surface area contributed by atoms with Crippen LogP contribution in [0.25, 0.3) is 0 Å². The largest absolute Gasteiger partial charge is 0.497 e. The molecule has 1 unspecified atom stereocenters. The number of hydrogen-bond acceptors (Lipinski definition) is 8. The Morgan fingerprint density at radius 1 is 1.17 bits per heavy atom. The van der Waals surface area contributed by atoms with Gasteiger partial charge >= 0.3 is 0 Å². The summed E-state index contributed by atoms with van der Waals surface area (Å²) in [6, 6.07) is 14.8. The Morgan fingerprint density at radius 2 is 1.97 bits per heavy atom. The van der Waals surface area contributed by atoms with E-state index in [9.17, 15) is 4.39 Å². The number of nitrogens with zero attached hydrogens (tertiary/aromatic N) is 4. The standard InChI is InChI=1S/C21H22FN5OS2/c1-14-24-25-20(29-14)27-21(11-6-12-23,15-7-4-3-5-8-15)30-19(26-27)17-13-16(28-2)9-10-18(17)22/h3-5,7-10,13H,6,11-12,23H2,1-2H3. The fourth-order valence-corrected chi connectivity index (χ4v) is 5.58. The number of benzene rings is 2. The van der Waals surface area contributed by atoms with Crippen molar-refractivity contribution in [2.45, 2.75) is 24.6 Å². The third-order valence-electron chi connectivity index (χ3n) is 4.84.